The summed E-state index contributed by atoms with van der Waals surface area (Å²) in [5.74, 6) is -1.41. The second-order valence-corrected chi connectivity index (χ2v) is 7.88. The first-order valence-corrected chi connectivity index (χ1v) is 10.8. The molecule has 0 aliphatic heterocycles. The topological polar surface area (TPSA) is 123 Å². The first-order valence-electron chi connectivity index (χ1n) is 10.8. The minimum absolute atomic E-state index is 0.245. The maximum atomic E-state index is 13.0. The number of carbonyl (C=O) groups is 3. The zero-order valence-corrected chi connectivity index (χ0v) is 17.8. The fourth-order valence-corrected chi connectivity index (χ4v) is 4.04. The molecule has 3 atom stereocenters. The highest BCUT2D eigenvalue weighted by molar-refractivity contribution is 5.98. The van der Waals surface area contributed by atoms with Crippen LogP contribution >= 0.6 is 0 Å². The molecule has 1 saturated carbocycles. The molecule has 1 fully saturated rings. The van der Waals surface area contributed by atoms with Gasteiger partial charge in [-0.15, -0.1) is 0 Å². The van der Waals surface area contributed by atoms with Gasteiger partial charge >= 0.3 is 5.97 Å². The van der Waals surface area contributed by atoms with Gasteiger partial charge in [0.15, 0.2) is 0 Å². The van der Waals surface area contributed by atoms with Crippen molar-refractivity contribution >= 4 is 28.7 Å². The van der Waals surface area contributed by atoms with E-state index in [1.54, 1.807) is 6.07 Å². The predicted octanol–water partition coefficient (Wildman–Crippen LogP) is 1.92. The molecule has 1 aliphatic rings. The summed E-state index contributed by atoms with van der Waals surface area (Å²) in [6.45, 7) is 0.405. The van der Waals surface area contributed by atoms with E-state index in [9.17, 15) is 14.4 Å². The molecule has 2 amide bonds. The smallest absolute Gasteiger partial charge is 0.310 e. The van der Waals surface area contributed by atoms with Gasteiger partial charge in [0.2, 0.25) is 5.91 Å². The van der Waals surface area contributed by atoms with Gasteiger partial charge in [0.1, 0.15) is 11.7 Å². The van der Waals surface area contributed by atoms with Crippen LogP contribution in [-0.4, -0.2) is 48.5 Å². The predicted molar refractivity (Wildman–Crippen MR) is 117 cm³/mol. The number of esters is 1. The maximum Gasteiger partial charge on any atom is 0.310 e. The molecule has 0 bridgehead atoms. The highest BCUT2D eigenvalue weighted by Gasteiger charge is 2.34. The summed E-state index contributed by atoms with van der Waals surface area (Å²) in [4.78, 5) is 42.3. The highest BCUT2D eigenvalue weighted by Crippen LogP contribution is 2.25. The number of benzene rings is 1. The summed E-state index contributed by atoms with van der Waals surface area (Å²) in [6.07, 6.45) is 4.21. The lowest BCUT2D eigenvalue weighted by Crippen LogP contribution is -2.53. The first kappa shape index (κ1) is 22.7. The normalized spacial score (nSPS) is 19.4. The number of methoxy groups -OCH3 is 1. The van der Waals surface area contributed by atoms with Crippen LogP contribution in [0.3, 0.4) is 0 Å². The van der Waals surface area contributed by atoms with Crippen molar-refractivity contribution in [2.45, 2.75) is 50.6 Å². The summed E-state index contributed by atoms with van der Waals surface area (Å²) in [5, 5.41) is 6.69. The Kier molecular flexibility index (Phi) is 7.94. The van der Waals surface area contributed by atoms with Gasteiger partial charge in [0, 0.05) is 11.4 Å². The number of nitrogens with one attached hydrogen (secondary N) is 2. The third-order valence-corrected chi connectivity index (χ3v) is 5.75. The van der Waals surface area contributed by atoms with E-state index in [1.807, 2.05) is 30.3 Å². The largest absolute Gasteiger partial charge is 0.469 e. The van der Waals surface area contributed by atoms with E-state index >= 15 is 0 Å². The van der Waals surface area contributed by atoms with E-state index in [2.05, 4.69) is 15.6 Å². The summed E-state index contributed by atoms with van der Waals surface area (Å²) in [5.41, 5.74) is 6.58. The lowest BCUT2D eigenvalue weighted by molar-refractivity contribution is -0.147. The maximum absolute atomic E-state index is 13.0. The number of hydrogen-bond acceptors (Lipinski definition) is 6. The molecule has 0 saturated heterocycles. The molecule has 0 spiro atoms. The van der Waals surface area contributed by atoms with Crippen molar-refractivity contribution in [2.75, 3.05) is 13.7 Å². The molecule has 3 rings (SSSR count). The quantitative estimate of drug-likeness (QED) is 0.554. The van der Waals surface area contributed by atoms with Gasteiger partial charge in [-0.1, -0.05) is 37.1 Å². The van der Waals surface area contributed by atoms with Crippen molar-refractivity contribution in [3.05, 3.63) is 42.1 Å². The fourth-order valence-electron chi connectivity index (χ4n) is 4.04. The third-order valence-electron chi connectivity index (χ3n) is 5.75. The van der Waals surface area contributed by atoms with Gasteiger partial charge in [-0.2, -0.15) is 0 Å². The lowest BCUT2D eigenvalue weighted by atomic mass is 9.84. The van der Waals surface area contributed by atoms with Crippen LogP contribution in [0.15, 0.2) is 36.4 Å². The van der Waals surface area contributed by atoms with Gasteiger partial charge in [0.25, 0.3) is 5.91 Å². The van der Waals surface area contributed by atoms with Crippen LogP contribution in [0, 0.1) is 5.92 Å². The van der Waals surface area contributed by atoms with E-state index in [0.717, 1.165) is 18.2 Å². The average Bonchev–Trinajstić information content (AvgIpc) is 2.81. The standard InChI is InChI=1S/C23H30N4O4/c1-31-23(30)16-8-3-5-10-18(16)26-21(28)19(11-6-14-24)27-22(29)20-13-12-15-7-2-4-9-17(15)25-20/h2,4,7,9,12-13,16,18-19H,3,5-6,8,10-11,14,24H2,1H3,(H,26,28)(H,27,29)/t16-,18+,19+/m1/s1. The van der Waals surface area contributed by atoms with E-state index in [1.165, 1.54) is 7.11 Å². The van der Waals surface area contributed by atoms with E-state index in [4.69, 9.17) is 10.5 Å². The van der Waals surface area contributed by atoms with Gasteiger partial charge < -0.3 is 21.1 Å². The Hall–Kier alpha value is -3.00. The van der Waals surface area contributed by atoms with Crippen molar-refractivity contribution in [3.63, 3.8) is 0 Å². The van der Waals surface area contributed by atoms with Crippen molar-refractivity contribution in [3.8, 4) is 0 Å². The van der Waals surface area contributed by atoms with Crippen molar-refractivity contribution < 1.29 is 19.1 Å². The monoisotopic (exact) mass is 426 g/mol. The molecule has 31 heavy (non-hydrogen) atoms. The van der Waals surface area contributed by atoms with E-state index in [0.29, 0.717) is 37.7 Å². The molecule has 8 nitrogen and oxygen atoms in total. The molecule has 166 valence electrons. The van der Waals surface area contributed by atoms with Crippen LogP contribution in [0.5, 0.6) is 0 Å². The van der Waals surface area contributed by atoms with Crippen LogP contribution in [-0.2, 0) is 14.3 Å². The summed E-state index contributed by atoms with van der Waals surface area (Å²) < 4.78 is 4.90. The van der Waals surface area contributed by atoms with Crippen molar-refractivity contribution in [1.29, 1.82) is 0 Å². The minimum Gasteiger partial charge on any atom is -0.469 e. The first-order chi connectivity index (χ1) is 15.0. The SMILES string of the molecule is COC(=O)[C@@H]1CCCC[C@@H]1NC(=O)[C@H](CCCN)NC(=O)c1ccc2ccccc2n1. The Morgan fingerprint density at radius 3 is 2.71 bits per heavy atom. The zero-order valence-electron chi connectivity index (χ0n) is 17.8. The summed E-state index contributed by atoms with van der Waals surface area (Å²) in [7, 11) is 1.36. The molecule has 8 heteroatoms. The molecule has 1 aromatic heterocycles. The molecular formula is C23H30N4O4. The Morgan fingerprint density at radius 1 is 1.16 bits per heavy atom. The molecule has 2 aromatic rings. The number of fused-ring (bicyclic) bond motifs is 1. The summed E-state index contributed by atoms with van der Waals surface area (Å²) >= 11 is 0. The van der Waals surface area contributed by atoms with Crippen LogP contribution in [0.4, 0.5) is 0 Å². The number of hydrogen-bond donors (Lipinski definition) is 3. The van der Waals surface area contributed by atoms with Gasteiger partial charge in [-0.3, -0.25) is 14.4 Å². The Balaban J connectivity index is 1.71. The molecule has 4 N–H and O–H groups in total. The Labute approximate surface area is 181 Å². The van der Waals surface area contributed by atoms with Gasteiger partial charge in [-0.25, -0.2) is 4.98 Å². The average molecular weight is 427 g/mol. The number of amides is 2. The number of nitrogens with zero attached hydrogens (tertiary/aromatic N) is 1. The van der Waals surface area contributed by atoms with Gasteiger partial charge in [0.05, 0.1) is 18.5 Å². The number of ether oxygens (including phenoxy) is 1. The Bertz CT molecular complexity index is 933. The number of carbonyl (C=O) groups excluding carboxylic acids is 3. The van der Waals surface area contributed by atoms with E-state index < -0.39 is 11.9 Å². The number of para-hydroxylation sites is 1. The number of nitrogens with two attached hydrogens (primary N) is 1. The number of pyridine rings is 1. The van der Waals surface area contributed by atoms with Crippen molar-refractivity contribution in [1.82, 2.24) is 15.6 Å². The molecule has 1 aliphatic carbocycles. The third kappa shape index (κ3) is 5.79. The van der Waals surface area contributed by atoms with E-state index in [-0.39, 0.29) is 29.5 Å². The molecule has 1 aromatic carbocycles. The second-order valence-electron chi connectivity index (χ2n) is 7.88. The van der Waals surface area contributed by atoms with Crippen LogP contribution in [0.2, 0.25) is 0 Å². The highest BCUT2D eigenvalue weighted by atomic mass is 16.5. The Morgan fingerprint density at radius 2 is 1.94 bits per heavy atom. The zero-order chi connectivity index (χ0) is 22.2. The van der Waals surface area contributed by atoms with Crippen LogP contribution in [0.1, 0.15) is 49.0 Å². The molecule has 0 radical (unpaired) electrons. The molecular weight excluding hydrogens is 396 g/mol. The van der Waals surface area contributed by atoms with Gasteiger partial charge in [-0.05, 0) is 44.4 Å². The van der Waals surface area contributed by atoms with Crippen LogP contribution < -0.4 is 16.4 Å². The number of aromatic nitrogens is 1. The summed E-state index contributed by atoms with van der Waals surface area (Å²) in [6, 6.07) is 9.93. The molecule has 1 heterocycles. The van der Waals surface area contributed by atoms with Crippen molar-refractivity contribution in [2.24, 2.45) is 11.7 Å². The minimum atomic E-state index is -0.760. The second kappa shape index (κ2) is 10.9. The lowest BCUT2D eigenvalue weighted by Gasteiger charge is -2.31. The fraction of sp³-hybridized carbons (Fsp3) is 0.478. The molecule has 0 unspecified atom stereocenters. The van der Waals surface area contributed by atoms with Crippen LogP contribution in [0.25, 0.3) is 10.9 Å². The number of rotatable bonds is 8.